The van der Waals surface area contributed by atoms with Crippen LogP contribution in [-0.4, -0.2) is 39.5 Å². The summed E-state index contributed by atoms with van der Waals surface area (Å²) < 4.78 is 11.6. The van der Waals surface area contributed by atoms with Crippen molar-refractivity contribution in [2.75, 3.05) is 39.5 Å². The van der Waals surface area contributed by atoms with Crippen LogP contribution in [0.1, 0.15) is 91.9 Å². The summed E-state index contributed by atoms with van der Waals surface area (Å²) in [6.07, 6.45) is 12.5. The molecule has 0 aliphatic carbocycles. The van der Waals surface area contributed by atoms with Gasteiger partial charge in [-0.1, -0.05) is 66.2 Å². The van der Waals surface area contributed by atoms with Crippen molar-refractivity contribution >= 4 is 0 Å². The van der Waals surface area contributed by atoms with Gasteiger partial charge in [-0.15, -0.1) is 0 Å². The number of unbranched alkanes of at least 4 members (excludes halogenated alkanes) is 2. The molecule has 151 valence electrons. The van der Waals surface area contributed by atoms with Crippen LogP contribution >= 0.6 is 0 Å². The van der Waals surface area contributed by atoms with E-state index in [-0.39, 0.29) is 0 Å². The van der Waals surface area contributed by atoms with Crippen molar-refractivity contribution < 1.29 is 9.47 Å². The van der Waals surface area contributed by atoms with Crippen molar-refractivity contribution in [3.8, 4) is 0 Å². The first-order valence-corrected chi connectivity index (χ1v) is 11.1. The van der Waals surface area contributed by atoms with Crippen LogP contribution in [0.15, 0.2) is 0 Å². The molecule has 0 N–H and O–H groups in total. The number of rotatable bonds is 20. The number of hydrogen-bond donors (Lipinski definition) is 0. The molecule has 0 aliphatic heterocycles. The fraction of sp³-hybridized carbons (Fsp3) is 1.00. The highest BCUT2D eigenvalue weighted by atomic mass is 16.5. The number of hydrogen-bond acceptors (Lipinski definition) is 2. The van der Waals surface area contributed by atoms with Gasteiger partial charge in [-0.3, -0.25) is 0 Å². The molecule has 0 aromatic heterocycles. The van der Waals surface area contributed by atoms with Crippen molar-refractivity contribution in [2.45, 2.75) is 91.9 Å². The molecule has 0 saturated carbocycles. The van der Waals surface area contributed by atoms with Gasteiger partial charge in [-0.05, 0) is 37.5 Å². The molecule has 0 saturated heterocycles. The van der Waals surface area contributed by atoms with E-state index in [0.29, 0.717) is 0 Å². The number of nitrogens with zero attached hydrogens (tertiary/aromatic N) is 1. The molecular weight excluding hydrogens is 310 g/mol. The normalized spacial score (nSPS) is 13.9. The van der Waals surface area contributed by atoms with Crippen LogP contribution in [0.3, 0.4) is 0 Å². The van der Waals surface area contributed by atoms with Gasteiger partial charge in [0.1, 0.15) is 0 Å². The van der Waals surface area contributed by atoms with Crippen LogP contribution in [0.2, 0.25) is 0 Å². The molecular formula is C22H46NO2. The van der Waals surface area contributed by atoms with Crippen LogP contribution in [0.4, 0.5) is 0 Å². The zero-order valence-electron chi connectivity index (χ0n) is 17.7. The van der Waals surface area contributed by atoms with Crippen LogP contribution in [-0.2, 0) is 9.47 Å². The van der Waals surface area contributed by atoms with E-state index in [9.17, 15) is 0 Å². The Balaban J connectivity index is 3.30. The van der Waals surface area contributed by atoms with Gasteiger partial charge >= 0.3 is 0 Å². The third kappa shape index (κ3) is 17.1. The smallest absolute Gasteiger partial charge is 0.0494 e. The lowest BCUT2D eigenvalue weighted by Crippen LogP contribution is -2.15. The highest BCUT2D eigenvalue weighted by Crippen LogP contribution is 2.13. The molecule has 2 unspecified atom stereocenters. The summed E-state index contributed by atoms with van der Waals surface area (Å²) in [5.41, 5.74) is 0. The summed E-state index contributed by atoms with van der Waals surface area (Å²) in [5, 5.41) is 4.58. The molecule has 0 heterocycles. The molecule has 0 aromatic rings. The van der Waals surface area contributed by atoms with E-state index in [0.717, 1.165) is 64.2 Å². The summed E-state index contributed by atoms with van der Waals surface area (Å²) in [6.45, 7) is 14.5. The van der Waals surface area contributed by atoms with E-state index < -0.39 is 0 Å². The minimum atomic E-state index is 0.748. The molecule has 0 rings (SSSR count). The van der Waals surface area contributed by atoms with Crippen molar-refractivity contribution in [1.29, 1.82) is 0 Å². The van der Waals surface area contributed by atoms with Crippen LogP contribution in [0, 0.1) is 11.8 Å². The monoisotopic (exact) mass is 356 g/mol. The predicted molar refractivity (Wildman–Crippen MR) is 109 cm³/mol. The zero-order chi connectivity index (χ0) is 18.6. The van der Waals surface area contributed by atoms with Gasteiger partial charge in [0, 0.05) is 39.5 Å². The molecule has 3 nitrogen and oxygen atoms in total. The Labute approximate surface area is 158 Å². The maximum atomic E-state index is 5.82. The third-order valence-corrected chi connectivity index (χ3v) is 5.00. The lowest BCUT2D eigenvalue weighted by atomic mass is 10.0. The summed E-state index contributed by atoms with van der Waals surface area (Å²) >= 11 is 0. The molecule has 2 atom stereocenters. The minimum Gasteiger partial charge on any atom is -0.381 e. The SMILES string of the molecule is CCCCC(CC)COCCC[N]CCCOCC(CC)CCCC. The van der Waals surface area contributed by atoms with Gasteiger partial charge in [0.2, 0.25) is 0 Å². The lowest BCUT2D eigenvalue weighted by Gasteiger charge is -2.15. The maximum absolute atomic E-state index is 5.82. The van der Waals surface area contributed by atoms with E-state index >= 15 is 0 Å². The highest BCUT2D eigenvalue weighted by Gasteiger charge is 2.06. The molecule has 3 heteroatoms. The standard InChI is InChI=1S/C22H46NO2/c1-5-9-13-21(7-3)19-24-17-11-15-23-16-12-18-25-20-22(8-4)14-10-6-2/h21-22H,5-20H2,1-4H3. The molecule has 1 radical (unpaired) electrons. The van der Waals surface area contributed by atoms with Crippen molar-refractivity contribution in [1.82, 2.24) is 5.32 Å². The lowest BCUT2D eigenvalue weighted by molar-refractivity contribution is 0.0887. The van der Waals surface area contributed by atoms with E-state index in [1.54, 1.807) is 0 Å². The largest absolute Gasteiger partial charge is 0.381 e. The second-order valence-electron chi connectivity index (χ2n) is 7.36. The highest BCUT2D eigenvalue weighted by molar-refractivity contribution is 4.57. The predicted octanol–water partition coefficient (Wildman–Crippen LogP) is 5.84. The number of ether oxygens (including phenoxy) is 2. The zero-order valence-corrected chi connectivity index (χ0v) is 17.7. The fourth-order valence-corrected chi connectivity index (χ4v) is 2.96. The first-order chi connectivity index (χ1) is 12.3. The van der Waals surface area contributed by atoms with E-state index in [1.807, 2.05) is 0 Å². The van der Waals surface area contributed by atoms with Crippen molar-refractivity contribution in [3.05, 3.63) is 0 Å². The summed E-state index contributed by atoms with van der Waals surface area (Å²) in [5.74, 6) is 1.50. The first-order valence-electron chi connectivity index (χ1n) is 11.1. The van der Waals surface area contributed by atoms with Gasteiger partial charge in [-0.25, -0.2) is 5.32 Å². The molecule has 25 heavy (non-hydrogen) atoms. The topological polar surface area (TPSA) is 32.6 Å². The second kappa shape index (κ2) is 20.2. The Morgan fingerprint density at radius 3 is 1.44 bits per heavy atom. The van der Waals surface area contributed by atoms with Crippen LogP contribution in [0.25, 0.3) is 0 Å². The molecule has 0 aromatic carbocycles. The average Bonchev–Trinajstić information content (AvgIpc) is 2.64. The summed E-state index contributed by atoms with van der Waals surface area (Å²) in [4.78, 5) is 0. The van der Waals surface area contributed by atoms with Gasteiger partial charge in [0.15, 0.2) is 0 Å². The quantitative estimate of drug-likeness (QED) is 0.257. The molecule has 0 fully saturated rings. The Kier molecular flexibility index (Phi) is 20.1. The van der Waals surface area contributed by atoms with Gasteiger partial charge < -0.3 is 9.47 Å². The van der Waals surface area contributed by atoms with E-state index in [2.05, 4.69) is 33.0 Å². The Hall–Kier alpha value is -0.120. The Bertz CT molecular complexity index is 224. The minimum absolute atomic E-state index is 0.748. The summed E-state index contributed by atoms with van der Waals surface area (Å²) in [7, 11) is 0. The third-order valence-electron chi connectivity index (χ3n) is 5.00. The molecule has 0 amide bonds. The summed E-state index contributed by atoms with van der Waals surface area (Å²) in [6, 6.07) is 0. The van der Waals surface area contributed by atoms with Gasteiger partial charge in [-0.2, -0.15) is 0 Å². The second-order valence-corrected chi connectivity index (χ2v) is 7.36. The fourth-order valence-electron chi connectivity index (χ4n) is 2.96. The van der Waals surface area contributed by atoms with Gasteiger partial charge in [0.25, 0.3) is 0 Å². The molecule has 0 bridgehead atoms. The molecule has 0 spiro atoms. The Morgan fingerprint density at radius 1 is 0.640 bits per heavy atom. The van der Waals surface area contributed by atoms with Crippen molar-refractivity contribution in [2.24, 2.45) is 11.8 Å². The first kappa shape index (κ1) is 24.9. The van der Waals surface area contributed by atoms with Crippen molar-refractivity contribution in [3.63, 3.8) is 0 Å². The van der Waals surface area contributed by atoms with Crippen LogP contribution < -0.4 is 5.32 Å². The molecule has 0 aliphatic rings. The average molecular weight is 357 g/mol. The Morgan fingerprint density at radius 2 is 1.08 bits per heavy atom. The van der Waals surface area contributed by atoms with Crippen LogP contribution in [0.5, 0.6) is 0 Å². The van der Waals surface area contributed by atoms with E-state index in [4.69, 9.17) is 9.47 Å². The van der Waals surface area contributed by atoms with E-state index in [1.165, 1.54) is 51.4 Å². The maximum Gasteiger partial charge on any atom is 0.0494 e. The van der Waals surface area contributed by atoms with Gasteiger partial charge in [0.05, 0.1) is 0 Å².